The van der Waals surface area contributed by atoms with Crippen LogP contribution in [-0.4, -0.2) is 34.4 Å². The summed E-state index contributed by atoms with van der Waals surface area (Å²) in [5.74, 6) is -0.795. The average Bonchev–Trinajstić information content (AvgIpc) is 2.36. The standard InChI is InChI=1S/C12H17FN2O4S2/c1-8-11(13)6-9(14)7-12(8)21(18,19)15-10-2-4-20(16,17)5-3-10/h6-7,10,15H,2-5,14H2,1H3. The third kappa shape index (κ3) is 3.72. The molecule has 2 rings (SSSR count). The van der Waals surface area contributed by atoms with Gasteiger partial charge in [-0.2, -0.15) is 0 Å². The molecule has 1 aliphatic heterocycles. The number of benzene rings is 1. The molecule has 6 nitrogen and oxygen atoms in total. The number of sulfone groups is 1. The summed E-state index contributed by atoms with van der Waals surface area (Å²) < 4.78 is 63.3. The lowest BCUT2D eigenvalue weighted by atomic mass is 10.2. The Kier molecular flexibility index (Phi) is 4.27. The molecule has 21 heavy (non-hydrogen) atoms. The number of rotatable bonds is 3. The van der Waals surface area contributed by atoms with Gasteiger partial charge in [0.15, 0.2) is 0 Å². The van der Waals surface area contributed by atoms with Crippen LogP contribution in [0.5, 0.6) is 0 Å². The van der Waals surface area contributed by atoms with Gasteiger partial charge in [-0.25, -0.2) is 25.9 Å². The van der Waals surface area contributed by atoms with Gasteiger partial charge in [-0.3, -0.25) is 0 Å². The van der Waals surface area contributed by atoms with E-state index in [1.165, 1.54) is 13.0 Å². The van der Waals surface area contributed by atoms with E-state index in [2.05, 4.69) is 4.72 Å². The Hall–Kier alpha value is -1.19. The van der Waals surface area contributed by atoms with Crippen molar-refractivity contribution in [3.05, 3.63) is 23.5 Å². The van der Waals surface area contributed by atoms with Gasteiger partial charge >= 0.3 is 0 Å². The van der Waals surface area contributed by atoms with Gasteiger partial charge in [-0.1, -0.05) is 0 Å². The second kappa shape index (κ2) is 5.54. The van der Waals surface area contributed by atoms with Crippen molar-refractivity contribution in [2.75, 3.05) is 17.2 Å². The van der Waals surface area contributed by atoms with Crippen LogP contribution >= 0.6 is 0 Å². The summed E-state index contributed by atoms with van der Waals surface area (Å²) >= 11 is 0. The average molecular weight is 336 g/mol. The van der Waals surface area contributed by atoms with Crippen LogP contribution in [0.1, 0.15) is 18.4 Å². The Morgan fingerprint density at radius 3 is 2.43 bits per heavy atom. The van der Waals surface area contributed by atoms with Gasteiger partial charge in [0.25, 0.3) is 0 Å². The number of anilines is 1. The maximum Gasteiger partial charge on any atom is 0.241 e. The summed E-state index contributed by atoms with van der Waals surface area (Å²) in [5, 5.41) is 0. The first-order valence-corrected chi connectivity index (χ1v) is 9.69. The zero-order chi connectivity index (χ0) is 15.8. The zero-order valence-electron chi connectivity index (χ0n) is 11.5. The van der Waals surface area contributed by atoms with E-state index < -0.39 is 31.7 Å². The molecule has 1 aliphatic rings. The monoisotopic (exact) mass is 336 g/mol. The predicted octanol–water partition coefficient (Wildman–Crippen LogP) is 0.572. The molecule has 0 aromatic heterocycles. The van der Waals surface area contributed by atoms with Crippen molar-refractivity contribution in [3.63, 3.8) is 0 Å². The molecular formula is C12H17FN2O4S2. The number of halogens is 1. The first-order valence-electron chi connectivity index (χ1n) is 6.39. The normalized spacial score (nSPS) is 19.5. The Balaban J connectivity index is 2.24. The van der Waals surface area contributed by atoms with Crippen LogP contribution in [0.4, 0.5) is 10.1 Å². The lowest BCUT2D eigenvalue weighted by molar-refractivity contribution is 0.504. The number of sulfonamides is 1. The van der Waals surface area contributed by atoms with Gasteiger partial charge in [-0.15, -0.1) is 0 Å². The second-order valence-electron chi connectivity index (χ2n) is 5.17. The third-order valence-corrected chi connectivity index (χ3v) is 6.85. The molecule has 1 fully saturated rings. The number of nitrogens with one attached hydrogen (secondary N) is 1. The van der Waals surface area contributed by atoms with Crippen molar-refractivity contribution < 1.29 is 21.2 Å². The Morgan fingerprint density at radius 2 is 1.86 bits per heavy atom. The Morgan fingerprint density at radius 1 is 1.29 bits per heavy atom. The van der Waals surface area contributed by atoms with E-state index in [0.717, 1.165) is 6.07 Å². The molecule has 0 unspecified atom stereocenters. The van der Waals surface area contributed by atoms with Crippen LogP contribution in [-0.2, 0) is 19.9 Å². The van der Waals surface area contributed by atoms with Crippen molar-refractivity contribution in [3.8, 4) is 0 Å². The minimum Gasteiger partial charge on any atom is -0.399 e. The summed E-state index contributed by atoms with van der Waals surface area (Å²) in [6.07, 6.45) is 0.427. The highest BCUT2D eigenvalue weighted by Gasteiger charge is 2.28. The van der Waals surface area contributed by atoms with Gasteiger partial charge in [0.1, 0.15) is 15.7 Å². The maximum absolute atomic E-state index is 13.6. The predicted molar refractivity (Wildman–Crippen MR) is 77.5 cm³/mol. The summed E-state index contributed by atoms with van der Waals surface area (Å²) in [7, 11) is -7.01. The number of hydrogen-bond donors (Lipinski definition) is 2. The second-order valence-corrected chi connectivity index (χ2v) is 9.16. The summed E-state index contributed by atoms with van der Waals surface area (Å²) in [5.41, 5.74) is 5.49. The number of hydrogen-bond acceptors (Lipinski definition) is 5. The lowest BCUT2D eigenvalue weighted by Crippen LogP contribution is -2.41. The number of nitrogens with two attached hydrogens (primary N) is 1. The van der Waals surface area contributed by atoms with E-state index in [-0.39, 0.29) is 40.5 Å². The van der Waals surface area contributed by atoms with Gasteiger partial charge < -0.3 is 5.73 Å². The lowest BCUT2D eigenvalue weighted by Gasteiger charge is -2.23. The van der Waals surface area contributed by atoms with Gasteiger partial charge in [0.2, 0.25) is 10.0 Å². The van der Waals surface area contributed by atoms with Crippen LogP contribution in [0.25, 0.3) is 0 Å². The summed E-state index contributed by atoms with van der Waals surface area (Å²) in [6, 6.07) is 1.78. The van der Waals surface area contributed by atoms with E-state index in [1.54, 1.807) is 0 Å². The van der Waals surface area contributed by atoms with Crippen molar-refractivity contribution in [2.45, 2.75) is 30.7 Å². The van der Waals surface area contributed by atoms with Crippen LogP contribution in [0, 0.1) is 12.7 Å². The van der Waals surface area contributed by atoms with Gasteiger partial charge in [0, 0.05) is 17.3 Å². The Bertz CT molecular complexity index is 746. The molecule has 0 bridgehead atoms. The molecule has 118 valence electrons. The molecule has 1 heterocycles. The van der Waals surface area contributed by atoms with Crippen molar-refractivity contribution in [1.29, 1.82) is 0 Å². The SMILES string of the molecule is Cc1c(F)cc(N)cc1S(=O)(=O)NC1CCS(=O)(=O)CC1. The first kappa shape index (κ1) is 16.2. The molecule has 3 N–H and O–H groups in total. The minimum absolute atomic E-state index is 0.0138. The molecule has 0 atom stereocenters. The molecule has 1 aromatic rings. The smallest absolute Gasteiger partial charge is 0.241 e. The molecule has 1 aromatic carbocycles. The molecule has 0 amide bonds. The Labute approximate surface area is 123 Å². The molecule has 0 aliphatic carbocycles. The molecule has 1 saturated heterocycles. The summed E-state index contributed by atoms with van der Waals surface area (Å²) in [6.45, 7) is 1.36. The van der Waals surface area contributed by atoms with E-state index in [4.69, 9.17) is 5.73 Å². The van der Waals surface area contributed by atoms with Crippen LogP contribution in [0.15, 0.2) is 17.0 Å². The first-order chi connectivity index (χ1) is 9.61. The van der Waals surface area contributed by atoms with Crippen LogP contribution < -0.4 is 10.5 Å². The van der Waals surface area contributed by atoms with Crippen molar-refractivity contribution in [2.24, 2.45) is 0 Å². The van der Waals surface area contributed by atoms with E-state index >= 15 is 0 Å². The van der Waals surface area contributed by atoms with E-state index in [1.807, 2.05) is 0 Å². The molecule has 0 spiro atoms. The number of nitrogen functional groups attached to an aromatic ring is 1. The van der Waals surface area contributed by atoms with E-state index in [9.17, 15) is 21.2 Å². The van der Waals surface area contributed by atoms with Crippen LogP contribution in [0.3, 0.4) is 0 Å². The fourth-order valence-electron chi connectivity index (χ4n) is 2.24. The zero-order valence-corrected chi connectivity index (χ0v) is 13.1. The fourth-order valence-corrected chi connectivity index (χ4v) is 5.33. The maximum atomic E-state index is 13.6. The quantitative estimate of drug-likeness (QED) is 0.785. The highest BCUT2D eigenvalue weighted by molar-refractivity contribution is 7.91. The van der Waals surface area contributed by atoms with Crippen molar-refractivity contribution >= 4 is 25.5 Å². The largest absolute Gasteiger partial charge is 0.399 e. The highest BCUT2D eigenvalue weighted by Crippen LogP contribution is 2.23. The van der Waals surface area contributed by atoms with E-state index in [0.29, 0.717) is 0 Å². The minimum atomic E-state index is -3.94. The van der Waals surface area contributed by atoms with Gasteiger partial charge in [-0.05, 0) is 31.9 Å². The molecular weight excluding hydrogens is 319 g/mol. The molecule has 0 saturated carbocycles. The topological polar surface area (TPSA) is 106 Å². The van der Waals surface area contributed by atoms with Crippen LogP contribution in [0.2, 0.25) is 0 Å². The molecule has 0 radical (unpaired) electrons. The highest BCUT2D eigenvalue weighted by atomic mass is 32.2. The fraction of sp³-hybridized carbons (Fsp3) is 0.500. The van der Waals surface area contributed by atoms with Gasteiger partial charge in [0.05, 0.1) is 16.4 Å². The van der Waals surface area contributed by atoms with Crippen molar-refractivity contribution in [1.82, 2.24) is 4.72 Å². The summed E-state index contributed by atoms with van der Waals surface area (Å²) in [4.78, 5) is -0.214. The molecule has 9 heteroatoms. The third-order valence-electron chi connectivity index (χ3n) is 3.48.